The van der Waals surface area contributed by atoms with Crippen LogP contribution < -0.4 is 0 Å². The van der Waals surface area contributed by atoms with Gasteiger partial charge in [-0.2, -0.15) is 0 Å². The first kappa shape index (κ1) is 14.2. The lowest BCUT2D eigenvalue weighted by Gasteiger charge is -1.99. The van der Waals surface area contributed by atoms with E-state index in [9.17, 15) is 0 Å². The van der Waals surface area contributed by atoms with Crippen molar-refractivity contribution < 1.29 is 0 Å². The van der Waals surface area contributed by atoms with Crippen LogP contribution in [0.4, 0.5) is 0 Å². The van der Waals surface area contributed by atoms with Gasteiger partial charge in [-0.25, -0.2) is 4.98 Å². The molecule has 0 radical (unpaired) electrons. The molecule has 0 unspecified atom stereocenters. The molecule has 0 aliphatic carbocycles. The van der Waals surface area contributed by atoms with Gasteiger partial charge < -0.3 is 4.98 Å². The molecule has 2 aromatic carbocycles. The molecule has 5 heteroatoms. The molecule has 0 spiro atoms. The Morgan fingerprint density at radius 2 is 1.87 bits per heavy atom. The maximum absolute atomic E-state index is 4.63. The Bertz CT molecular complexity index is 992. The second-order valence-electron chi connectivity index (χ2n) is 5.70. The van der Waals surface area contributed by atoms with Gasteiger partial charge in [0.15, 0.2) is 5.65 Å². The van der Waals surface area contributed by atoms with Crippen molar-refractivity contribution in [1.82, 2.24) is 20.2 Å². The number of aryl methyl sites for hydroxylation is 2. The second kappa shape index (κ2) is 5.66. The third-order valence-electron chi connectivity index (χ3n) is 3.86. The molecule has 0 atom stereocenters. The number of hydrogen-bond donors (Lipinski definition) is 1. The summed E-state index contributed by atoms with van der Waals surface area (Å²) in [6, 6.07) is 14.6. The molecule has 0 aliphatic rings. The Labute approximate surface area is 138 Å². The molecule has 4 aromatic rings. The van der Waals surface area contributed by atoms with E-state index in [4.69, 9.17) is 0 Å². The largest absolute Gasteiger partial charge is 0.337 e. The van der Waals surface area contributed by atoms with E-state index in [1.165, 1.54) is 16.7 Å². The molecule has 0 aliphatic heterocycles. The highest BCUT2D eigenvalue weighted by molar-refractivity contribution is 7.98. The molecule has 23 heavy (non-hydrogen) atoms. The van der Waals surface area contributed by atoms with Gasteiger partial charge in [-0.3, -0.25) is 0 Å². The SMILES string of the molecule is Cc1cc(C)c2[nH]c3nc(SCc4ccccc4)nnc3c2c1. The van der Waals surface area contributed by atoms with Crippen LogP contribution in [0.3, 0.4) is 0 Å². The normalized spacial score (nSPS) is 11.4. The van der Waals surface area contributed by atoms with Crippen molar-refractivity contribution in [1.29, 1.82) is 0 Å². The zero-order valence-electron chi connectivity index (χ0n) is 13.0. The fraction of sp³-hybridized carbons (Fsp3) is 0.167. The van der Waals surface area contributed by atoms with Crippen LogP contribution in [0.5, 0.6) is 0 Å². The van der Waals surface area contributed by atoms with Crippen LogP contribution >= 0.6 is 11.8 Å². The van der Waals surface area contributed by atoms with E-state index in [2.05, 4.69) is 58.3 Å². The fourth-order valence-corrected chi connectivity index (χ4v) is 3.54. The number of aromatic amines is 1. The Hall–Kier alpha value is -2.40. The number of fused-ring (bicyclic) bond motifs is 3. The number of aromatic nitrogens is 4. The Morgan fingerprint density at radius 1 is 1.04 bits per heavy atom. The Balaban J connectivity index is 1.71. The van der Waals surface area contributed by atoms with E-state index >= 15 is 0 Å². The van der Waals surface area contributed by atoms with Gasteiger partial charge in [-0.05, 0) is 31.0 Å². The van der Waals surface area contributed by atoms with Gasteiger partial charge >= 0.3 is 0 Å². The third-order valence-corrected chi connectivity index (χ3v) is 4.77. The van der Waals surface area contributed by atoms with E-state index in [1.807, 2.05) is 18.2 Å². The number of thioether (sulfide) groups is 1. The minimum atomic E-state index is 0.697. The molecule has 0 bridgehead atoms. The topological polar surface area (TPSA) is 54.5 Å². The molecule has 2 heterocycles. The zero-order valence-corrected chi connectivity index (χ0v) is 13.8. The summed E-state index contributed by atoms with van der Waals surface area (Å²) >= 11 is 1.60. The maximum atomic E-state index is 4.63. The van der Waals surface area contributed by atoms with Gasteiger partial charge in [-0.1, -0.05) is 53.7 Å². The van der Waals surface area contributed by atoms with Crippen LogP contribution in [-0.4, -0.2) is 20.2 Å². The Morgan fingerprint density at radius 3 is 2.70 bits per heavy atom. The summed E-state index contributed by atoms with van der Waals surface area (Å²) in [5.74, 6) is 0.840. The van der Waals surface area contributed by atoms with Gasteiger partial charge in [0.05, 0.1) is 5.52 Å². The van der Waals surface area contributed by atoms with Crippen molar-refractivity contribution in [3.8, 4) is 0 Å². The highest BCUT2D eigenvalue weighted by Gasteiger charge is 2.11. The first-order valence-electron chi connectivity index (χ1n) is 7.51. The van der Waals surface area contributed by atoms with Crippen LogP contribution in [-0.2, 0) is 5.75 Å². The van der Waals surface area contributed by atoms with Crippen molar-refractivity contribution in [2.45, 2.75) is 24.8 Å². The molecular weight excluding hydrogens is 304 g/mol. The standard InChI is InChI=1S/C18H16N4S/c1-11-8-12(2)15-14(9-11)16-17(19-15)20-18(22-21-16)23-10-13-6-4-3-5-7-13/h3-9H,10H2,1-2H3,(H,19,20,22). The predicted molar refractivity (Wildman–Crippen MR) is 94.7 cm³/mol. The van der Waals surface area contributed by atoms with Gasteiger partial charge in [-0.15, -0.1) is 10.2 Å². The van der Waals surface area contributed by atoms with E-state index < -0.39 is 0 Å². The molecule has 0 saturated heterocycles. The van der Waals surface area contributed by atoms with Crippen molar-refractivity contribution in [2.75, 3.05) is 0 Å². The second-order valence-corrected chi connectivity index (χ2v) is 6.64. The third kappa shape index (κ3) is 2.68. The molecule has 0 amide bonds. The van der Waals surface area contributed by atoms with Crippen LogP contribution in [0, 0.1) is 13.8 Å². The molecule has 4 rings (SSSR count). The van der Waals surface area contributed by atoms with Gasteiger partial charge in [0.1, 0.15) is 5.52 Å². The zero-order chi connectivity index (χ0) is 15.8. The average Bonchev–Trinajstić information content (AvgIpc) is 2.92. The van der Waals surface area contributed by atoms with E-state index in [0.717, 1.165) is 27.8 Å². The summed E-state index contributed by atoms with van der Waals surface area (Å²) in [4.78, 5) is 8.02. The van der Waals surface area contributed by atoms with Gasteiger partial charge in [0.25, 0.3) is 0 Å². The minimum absolute atomic E-state index is 0.697. The molecule has 0 fully saturated rings. The summed E-state index contributed by atoms with van der Waals surface area (Å²) in [6.45, 7) is 4.19. The lowest BCUT2D eigenvalue weighted by molar-refractivity contribution is 0.878. The Kier molecular flexibility index (Phi) is 3.50. The van der Waals surface area contributed by atoms with E-state index in [1.54, 1.807) is 11.8 Å². The molecule has 4 nitrogen and oxygen atoms in total. The summed E-state index contributed by atoms with van der Waals surface area (Å²) in [6.07, 6.45) is 0. The predicted octanol–water partition coefficient (Wildman–Crippen LogP) is 4.42. The van der Waals surface area contributed by atoms with Gasteiger partial charge in [0.2, 0.25) is 5.16 Å². The lowest BCUT2D eigenvalue weighted by Crippen LogP contribution is -1.92. The molecule has 114 valence electrons. The quantitative estimate of drug-likeness (QED) is 0.568. The molecular formula is C18H16N4S. The average molecular weight is 320 g/mol. The van der Waals surface area contributed by atoms with Crippen molar-refractivity contribution in [3.63, 3.8) is 0 Å². The lowest BCUT2D eigenvalue weighted by atomic mass is 10.1. The van der Waals surface area contributed by atoms with Crippen LogP contribution in [0.1, 0.15) is 16.7 Å². The summed E-state index contributed by atoms with van der Waals surface area (Å²) in [5.41, 5.74) is 6.43. The fourth-order valence-electron chi connectivity index (χ4n) is 2.80. The summed E-state index contributed by atoms with van der Waals surface area (Å²) in [5, 5.41) is 10.5. The number of benzene rings is 2. The first-order chi connectivity index (χ1) is 11.2. The minimum Gasteiger partial charge on any atom is -0.337 e. The first-order valence-corrected chi connectivity index (χ1v) is 8.49. The smallest absolute Gasteiger partial charge is 0.211 e. The van der Waals surface area contributed by atoms with Crippen LogP contribution in [0.25, 0.3) is 22.1 Å². The number of rotatable bonds is 3. The number of nitrogens with one attached hydrogen (secondary N) is 1. The highest BCUT2D eigenvalue weighted by Crippen LogP contribution is 2.27. The van der Waals surface area contributed by atoms with Crippen molar-refractivity contribution in [3.05, 3.63) is 59.2 Å². The summed E-state index contributed by atoms with van der Waals surface area (Å²) in [7, 11) is 0. The van der Waals surface area contributed by atoms with Crippen LogP contribution in [0.15, 0.2) is 47.6 Å². The van der Waals surface area contributed by atoms with Gasteiger partial charge in [0, 0.05) is 11.1 Å². The molecule has 2 aromatic heterocycles. The number of nitrogens with zero attached hydrogens (tertiary/aromatic N) is 3. The monoisotopic (exact) mass is 320 g/mol. The molecule has 1 N–H and O–H groups in total. The van der Waals surface area contributed by atoms with E-state index in [0.29, 0.717) is 5.16 Å². The number of hydrogen-bond acceptors (Lipinski definition) is 4. The summed E-state index contributed by atoms with van der Waals surface area (Å²) < 4.78 is 0. The number of H-pyrrole nitrogens is 1. The van der Waals surface area contributed by atoms with Crippen molar-refractivity contribution >= 4 is 33.8 Å². The van der Waals surface area contributed by atoms with Crippen molar-refractivity contribution in [2.24, 2.45) is 0 Å². The highest BCUT2D eigenvalue weighted by atomic mass is 32.2. The maximum Gasteiger partial charge on any atom is 0.211 e. The molecule has 0 saturated carbocycles. The van der Waals surface area contributed by atoms with E-state index in [-0.39, 0.29) is 0 Å². The van der Waals surface area contributed by atoms with Crippen LogP contribution in [0.2, 0.25) is 0 Å².